The number of rotatable bonds is 1. The molecule has 1 fully saturated rings. The van der Waals surface area contributed by atoms with E-state index in [1.165, 1.54) is 12.8 Å². The van der Waals surface area contributed by atoms with Gasteiger partial charge in [0.25, 0.3) is 0 Å². The van der Waals surface area contributed by atoms with Gasteiger partial charge in [0.2, 0.25) is 5.91 Å². The molecule has 2 nitrogen and oxygen atoms in total. The van der Waals surface area contributed by atoms with Crippen molar-refractivity contribution in [1.29, 1.82) is 0 Å². The molecule has 2 N–H and O–H groups in total. The first kappa shape index (κ1) is 9.76. The first-order valence-electron chi connectivity index (χ1n) is 3.45. The van der Waals surface area contributed by atoms with Gasteiger partial charge in [-0.25, -0.2) is 0 Å². The number of halogens is 1. The Hall–Kier alpha value is -0.240. The lowest BCUT2D eigenvalue weighted by Crippen LogP contribution is -2.31. The van der Waals surface area contributed by atoms with Crippen molar-refractivity contribution in [1.82, 2.24) is 0 Å². The van der Waals surface area contributed by atoms with Crippen LogP contribution in [-0.4, -0.2) is 5.91 Å². The van der Waals surface area contributed by atoms with Crippen LogP contribution in [0.15, 0.2) is 0 Å². The van der Waals surface area contributed by atoms with Crippen LogP contribution in [0.25, 0.3) is 0 Å². The molecule has 0 radical (unpaired) electrons. The van der Waals surface area contributed by atoms with Crippen molar-refractivity contribution in [2.24, 2.45) is 11.1 Å². The third-order valence-corrected chi connectivity index (χ3v) is 2.30. The number of carbonyl (C=O) groups excluding carboxylic acids is 1. The molecule has 0 spiro atoms. The van der Waals surface area contributed by atoms with Crippen molar-refractivity contribution in [2.75, 3.05) is 0 Å². The van der Waals surface area contributed by atoms with E-state index in [0.29, 0.717) is 0 Å². The lowest BCUT2D eigenvalue weighted by molar-refractivity contribution is -0.126. The van der Waals surface area contributed by atoms with Gasteiger partial charge in [-0.3, -0.25) is 4.79 Å². The van der Waals surface area contributed by atoms with Gasteiger partial charge in [0.1, 0.15) is 0 Å². The number of hydrogen-bond acceptors (Lipinski definition) is 1. The highest BCUT2D eigenvalue weighted by Gasteiger charge is 2.33. The van der Waals surface area contributed by atoms with E-state index >= 15 is 0 Å². The zero-order valence-corrected chi connectivity index (χ0v) is 7.04. The largest absolute Gasteiger partial charge is 0.369 e. The van der Waals surface area contributed by atoms with Crippen LogP contribution in [0.4, 0.5) is 0 Å². The second-order valence-electron chi connectivity index (χ2n) is 3.13. The van der Waals surface area contributed by atoms with E-state index in [0.717, 1.165) is 12.8 Å². The van der Waals surface area contributed by atoms with Crippen molar-refractivity contribution >= 4 is 18.3 Å². The summed E-state index contributed by atoms with van der Waals surface area (Å²) in [6, 6.07) is 0. The maximum absolute atomic E-state index is 10.7. The molecule has 0 heterocycles. The molecule has 0 aromatic carbocycles. The fraction of sp³-hybridized carbons (Fsp3) is 0.857. The van der Waals surface area contributed by atoms with Crippen molar-refractivity contribution in [3.05, 3.63) is 0 Å². The summed E-state index contributed by atoms with van der Waals surface area (Å²) in [6.45, 7) is 1.96. The highest BCUT2D eigenvalue weighted by molar-refractivity contribution is 5.85. The summed E-state index contributed by atoms with van der Waals surface area (Å²) in [4.78, 5) is 10.7. The Morgan fingerprint density at radius 3 is 2.00 bits per heavy atom. The highest BCUT2D eigenvalue weighted by atomic mass is 35.5. The Morgan fingerprint density at radius 1 is 1.40 bits per heavy atom. The van der Waals surface area contributed by atoms with Gasteiger partial charge in [0.15, 0.2) is 0 Å². The number of amides is 1. The summed E-state index contributed by atoms with van der Waals surface area (Å²) < 4.78 is 0. The molecule has 0 aliphatic heterocycles. The molecule has 0 saturated heterocycles. The standard InChI is InChI=1S/C7H13NO.ClH/c1-7(6(8)9)4-2-3-5-7;/h2-5H2,1H3,(H2,8,9);1H. The van der Waals surface area contributed by atoms with Crippen LogP contribution in [0.5, 0.6) is 0 Å². The Kier molecular flexibility index (Phi) is 3.16. The number of carbonyl (C=O) groups is 1. The molecule has 60 valence electrons. The minimum atomic E-state index is -0.167. The van der Waals surface area contributed by atoms with Crippen molar-refractivity contribution in [3.8, 4) is 0 Å². The van der Waals surface area contributed by atoms with Gasteiger partial charge >= 0.3 is 0 Å². The average Bonchev–Trinajstić information content (AvgIpc) is 2.16. The second-order valence-corrected chi connectivity index (χ2v) is 3.13. The molecule has 0 bridgehead atoms. The Bertz CT molecular complexity index is 130. The Balaban J connectivity index is 0.000000810. The molecular formula is C7H14ClNO. The first-order valence-corrected chi connectivity index (χ1v) is 3.45. The molecule has 10 heavy (non-hydrogen) atoms. The van der Waals surface area contributed by atoms with Crippen molar-refractivity contribution in [2.45, 2.75) is 32.6 Å². The predicted molar refractivity (Wildman–Crippen MR) is 43.0 cm³/mol. The van der Waals surface area contributed by atoms with E-state index in [1.807, 2.05) is 6.92 Å². The summed E-state index contributed by atoms with van der Waals surface area (Å²) in [5, 5.41) is 0. The molecule has 0 atom stereocenters. The minimum Gasteiger partial charge on any atom is -0.369 e. The maximum atomic E-state index is 10.7. The van der Waals surface area contributed by atoms with Gasteiger partial charge in [0.05, 0.1) is 0 Å². The average molecular weight is 164 g/mol. The Labute approximate surface area is 67.6 Å². The maximum Gasteiger partial charge on any atom is 0.223 e. The van der Waals surface area contributed by atoms with Crippen LogP contribution in [0.1, 0.15) is 32.6 Å². The van der Waals surface area contributed by atoms with E-state index < -0.39 is 0 Å². The summed E-state index contributed by atoms with van der Waals surface area (Å²) in [5.41, 5.74) is 5.03. The van der Waals surface area contributed by atoms with Gasteiger partial charge in [-0.2, -0.15) is 0 Å². The van der Waals surface area contributed by atoms with Gasteiger partial charge in [-0.15, -0.1) is 12.4 Å². The minimum absolute atomic E-state index is 0. The van der Waals surface area contributed by atoms with Crippen molar-refractivity contribution < 1.29 is 4.79 Å². The van der Waals surface area contributed by atoms with Crippen LogP contribution >= 0.6 is 12.4 Å². The molecule has 0 unspecified atom stereocenters. The van der Waals surface area contributed by atoms with Crippen LogP contribution in [-0.2, 0) is 4.79 Å². The van der Waals surface area contributed by atoms with Gasteiger partial charge in [-0.1, -0.05) is 19.8 Å². The normalized spacial score (nSPS) is 21.7. The zero-order chi connectivity index (χ0) is 6.91. The van der Waals surface area contributed by atoms with Crippen LogP contribution < -0.4 is 5.73 Å². The number of primary amides is 1. The SMILES string of the molecule is CC1(C(N)=O)CCCC1.Cl. The molecule has 3 heteroatoms. The summed E-state index contributed by atoms with van der Waals surface area (Å²) in [6.07, 6.45) is 4.31. The molecule has 1 saturated carbocycles. The molecule has 1 rings (SSSR count). The monoisotopic (exact) mass is 163 g/mol. The highest BCUT2D eigenvalue weighted by Crippen LogP contribution is 2.36. The van der Waals surface area contributed by atoms with Gasteiger partial charge < -0.3 is 5.73 Å². The topological polar surface area (TPSA) is 43.1 Å². The number of hydrogen-bond donors (Lipinski definition) is 1. The quantitative estimate of drug-likeness (QED) is 0.625. The molecule has 0 aromatic rings. The third kappa shape index (κ3) is 1.63. The molecule has 1 aliphatic rings. The van der Waals surface area contributed by atoms with Crippen LogP contribution in [0, 0.1) is 5.41 Å². The molecule has 1 aliphatic carbocycles. The lowest BCUT2D eigenvalue weighted by Gasteiger charge is -2.17. The lowest BCUT2D eigenvalue weighted by atomic mass is 9.88. The summed E-state index contributed by atoms with van der Waals surface area (Å²) in [7, 11) is 0. The van der Waals surface area contributed by atoms with E-state index in [1.54, 1.807) is 0 Å². The van der Waals surface area contributed by atoms with Crippen molar-refractivity contribution in [3.63, 3.8) is 0 Å². The first-order chi connectivity index (χ1) is 4.15. The van der Waals surface area contributed by atoms with E-state index in [2.05, 4.69) is 0 Å². The zero-order valence-electron chi connectivity index (χ0n) is 6.22. The summed E-state index contributed by atoms with van der Waals surface area (Å²) in [5.74, 6) is -0.125. The summed E-state index contributed by atoms with van der Waals surface area (Å²) >= 11 is 0. The van der Waals surface area contributed by atoms with E-state index in [9.17, 15) is 4.79 Å². The molecular weight excluding hydrogens is 150 g/mol. The number of nitrogens with two attached hydrogens (primary N) is 1. The molecule has 0 aromatic heterocycles. The fourth-order valence-corrected chi connectivity index (χ4v) is 1.40. The van der Waals surface area contributed by atoms with E-state index in [4.69, 9.17) is 5.73 Å². The van der Waals surface area contributed by atoms with E-state index in [-0.39, 0.29) is 23.7 Å². The Morgan fingerprint density at radius 2 is 1.80 bits per heavy atom. The second kappa shape index (κ2) is 3.24. The van der Waals surface area contributed by atoms with Gasteiger partial charge in [0, 0.05) is 5.41 Å². The third-order valence-electron chi connectivity index (χ3n) is 2.30. The molecule has 1 amide bonds. The van der Waals surface area contributed by atoms with Crippen LogP contribution in [0.3, 0.4) is 0 Å². The smallest absolute Gasteiger partial charge is 0.223 e. The van der Waals surface area contributed by atoms with Gasteiger partial charge in [-0.05, 0) is 12.8 Å². The predicted octanol–water partition coefficient (Wildman–Crippen LogP) is 1.47. The van der Waals surface area contributed by atoms with Crippen LogP contribution in [0.2, 0.25) is 0 Å². The fourth-order valence-electron chi connectivity index (χ4n) is 1.40.